The first-order valence-electron chi connectivity index (χ1n) is 6.76. The van der Waals surface area contributed by atoms with Crippen molar-refractivity contribution in [2.24, 2.45) is 4.99 Å². The molecule has 0 atom stereocenters. The lowest BCUT2D eigenvalue weighted by atomic mass is 10.1. The monoisotopic (exact) mass is 244 g/mol. The second-order valence-electron chi connectivity index (χ2n) is 3.93. The topological polar surface area (TPSA) is 24.4 Å². The van der Waals surface area contributed by atoms with Crippen LogP contribution in [0.2, 0.25) is 0 Å². The third-order valence-electron chi connectivity index (χ3n) is 2.37. The van der Waals surface area contributed by atoms with Crippen molar-refractivity contribution in [1.29, 1.82) is 0 Å². The van der Waals surface area contributed by atoms with Crippen molar-refractivity contribution in [2.45, 2.75) is 59.3 Å². The number of nitrogens with zero attached hydrogens (tertiary/aromatic N) is 1. The zero-order valence-corrected chi connectivity index (χ0v) is 12.0. The number of hydrogen-bond donors (Lipinski definition) is 1. The van der Waals surface area contributed by atoms with Crippen LogP contribution in [0.5, 0.6) is 0 Å². The van der Waals surface area contributed by atoms with Crippen LogP contribution in [-0.4, -0.2) is 24.0 Å². The molecule has 0 rings (SSSR count). The molecule has 0 amide bonds. The fourth-order valence-corrected chi connectivity index (χ4v) is 2.51. The summed E-state index contributed by atoms with van der Waals surface area (Å²) in [5, 5.41) is 4.43. The van der Waals surface area contributed by atoms with Crippen LogP contribution in [-0.2, 0) is 0 Å². The van der Waals surface area contributed by atoms with E-state index in [1.54, 1.807) is 0 Å². The van der Waals surface area contributed by atoms with E-state index in [4.69, 9.17) is 0 Å². The predicted octanol–water partition coefficient (Wildman–Crippen LogP) is 4.07. The van der Waals surface area contributed by atoms with Crippen LogP contribution in [0.15, 0.2) is 4.99 Å². The molecule has 0 saturated carbocycles. The molecule has 0 radical (unpaired) electrons. The first-order valence-corrected chi connectivity index (χ1v) is 7.74. The Balaban J connectivity index is 3.37. The number of aliphatic imine (C=N–C) groups is 1. The van der Waals surface area contributed by atoms with E-state index < -0.39 is 0 Å². The molecule has 0 aliphatic heterocycles. The first kappa shape index (κ1) is 15.8. The van der Waals surface area contributed by atoms with Crippen LogP contribution in [0.3, 0.4) is 0 Å². The van der Waals surface area contributed by atoms with Gasteiger partial charge in [0.2, 0.25) is 0 Å². The van der Waals surface area contributed by atoms with Crippen molar-refractivity contribution in [1.82, 2.24) is 5.32 Å². The fraction of sp³-hybridized carbons (Fsp3) is 0.923. The summed E-state index contributed by atoms with van der Waals surface area (Å²) in [5.41, 5.74) is 0. The van der Waals surface area contributed by atoms with E-state index in [2.05, 4.69) is 31.1 Å². The predicted molar refractivity (Wildman–Crippen MR) is 77.5 cm³/mol. The van der Waals surface area contributed by atoms with E-state index in [0.29, 0.717) is 0 Å². The molecule has 96 valence electrons. The minimum Gasteiger partial charge on any atom is -0.365 e. The van der Waals surface area contributed by atoms with Gasteiger partial charge in [0.05, 0.1) is 0 Å². The van der Waals surface area contributed by atoms with Crippen molar-refractivity contribution < 1.29 is 0 Å². The SMILES string of the molecule is CCCCCCCCSC(=NCC)NCC. The van der Waals surface area contributed by atoms with Crippen molar-refractivity contribution >= 4 is 16.9 Å². The largest absolute Gasteiger partial charge is 0.365 e. The van der Waals surface area contributed by atoms with Gasteiger partial charge in [0.15, 0.2) is 5.17 Å². The number of hydrogen-bond acceptors (Lipinski definition) is 2. The van der Waals surface area contributed by atoms with Crippen molar-refractivity contribution in [3.63, 3.8) is 0 Å². The second kappa shape index (κ2) is 12.9. The van der Waals surface area contributed by atoms with E-state index >= 15 is 0 Å². The van der Waals surface area contributed by atoms with Gasteiger partial charge >= 0.3 is 0 Å². The molecule has 16 heavy (non-hydrogen) atoms. The van der Waals surface area contributed by atoms with Crippen LogP contribution in [0.4, 0.5) is 0 Å². The Hall–Kier alpha value is -0.180. The molecule has 0 aromatic rings. The van der Waals surface area contributed by atoms with Gasteiger partial charge in [0.25, 0.3) is 0 Å². The van der Waals surface area contributed by atoms with Gasteiger partial charge in [-0.25, -0.2) is 0 Å². The maximum absolute atomic E-state index is 4.43. The number of unbranched alkanes of at least 4 members (excludes halogenated alkanes) is 5. The highest BCUT2D eigenvalue weighted by Crippen LogP contribution is 2.10. The third kappa shape index (κ3) is 10.3. The van der Waals surface area contributed by atoms with Gasteiger partial charge < -0.3 is 5.32 Å². The highest BCUT2D eigenvalue weighted by Gasteiger charge is 1.97. The second-order valence-corrected chi connectivity index (χ2v) is 5.01. The summed E-state index contributed by atoms with van der Waals surface area (Å²) in [4.78, 5) is 4.43. The normalized spacial score (nSPS) is 11.8. The van der Waals surface area contributed by atoms with Gasteiger partial charge in [0.1, 0.15) is 0 Å². The number of amidine groups is 1. The number of thioether (sulfide) groups is 1. The van der Waals surface area contributed by atoms with E-state index in [0.717, 1.165) is 18.3 Å². The lowest BCUT2D eigenvalue weighted by Gasteiger charge is -2.06. The van der Waals surface area contributed by atoms with E-state index in [9.17, 15) is 0 Å². The van der Waals surface area contributed by atoms with Crippen LogP contribution >= 0.6 is 11.8 Å². The number of nitrogens with one attached hydrogen (secondary N) is 1. The molecule has 0 unspecified atom stereocenters. The van der Waals surface area contributed by atoms with Gasteiger partial charge in [-0.1, -0.05) is 50.8 Å². The van der Waals surface area contributed by atoms with Crippen LogP contribution in [0, 0.1) is 0 Å². The Morgan fingerprint density at radius 2 is 1.69 bits per heavy atom. The lowest BCUT2D eigenvalue weighted by molar-refractivity contribution is 0.627. The summed E-state index contributed by atoms with van der Waals surface area (Å²) in [6, 6.07) is 0. The Labute approximate surface area is 106 Å². The molecule has 2 nitrogen and oxygen atoms in total. The molecule has 0 saturated heterocycles. The molecule has 0 fully saturated rings. The molecular formula is C13H28N2S. The molecule has 3 heteroatoms. The summed E-state index contributed by atoms with van der Waals surface area (Å²) in [5.74, 6) is 1.21. The molecule has 0 aliphatic rings. The zero-order valence-electron chi connectivity index (χ0n) is 11.2. The quantitative estimate of drug-likeness (QED) is 0.376. The maximum atomic E-state index is 4.43. The molecular weight excluding hydrogens is 216 g/mol. The summed E-state index contributed by atoms with van der Waals surface area (Å²) in [6.45, 7) is 8.33. The molecule has 0 aromatic carbocycles. The Morgan fingerprint density at radius 3 is 2.31 bits per heavy atom. The van der Waals surface area contributed by atoms with Gasteiger partial charge in [-0.05, 0) is 20.3 Å². The smallest absolute Gasteiger partial charge is 0.156 e. The van der Waals surface area contributed by atoms with Crippen LogP contribution in [0.25, 0.3) is 0 Å². The Kier molecular flexibility index (Phi) is 12.7. The van der Waals surface area contributed by atoms with Gasteiger partial charge in [0, 0.05) is 18.8 Å². The third-order valence-corrected chi connectivity index (χ3v) is 3.41. The number of rotatable bonds is 9. The molecule has 0 bridgehead atoms. The Bertz CT molecular complexity index is 169. The molecule has 0 aliphatic carbocycles. The molecule has 0 aromatic heterocycles. The van der Waals surface area contributed by atoms with Gasteiger partial charge in [-0.15, -0.1) is 0 Å². The summed E-state index contributed by atoms with van der Waals surface area (Å²) in [7, 11) is 0. The average Bonchev–Trinajstić information content (AvgIpc) is 2.28. The zero-order chi connectivity index (χ0) is 12.1. The minimum absolute atomic E-state index is 0.881. The van der Waals surface area contributed by atoms with E-state index in [-0.39, 0.29) is 0 Å². The van der Waals surface area contributed by atoms with E-state index in [1.165, 1.54) is 44.3 Å². The first-order chi connectivity index (χ1) is 7.85. The minimum atomic E-state index is 0.881. The molecule has 0 heterocycles. The van der Waals surface area contributed by atoms with Gasteiger partial charge in [-0.3, -0.25) is 4.99 Å². The van der Waals surface area contributed by atoms with Crippen molar-refractivity contribution in [2.75, 3.05) is 18.8 Å². The standard InChI is InChI=1S/C13H28N2S/c1-4-7-8-9-10-11-12-16-13(14-5-2)15-6-3/h4-12H2,1-3H3,(H,14,15). The molecule has 0 spiro atoms. The summed E-state index contributed by atoms with van der Waals surface area (Å²) >= 11 is 1.87. The Morgan fingerprint density at radius 1 is 1.00 bits per heavy atom. The van der Waals surface area contributed by atoms with Crippen LogP contribution < -0.4 is 5.32 Å². The van der Waals surface area contributed by atoms with Crippen molar-refractivity contribution in [3.05, 3.63) is 0 Å². The summed E-state index contributed by atoms with van der Waals surface area (Å²) in [6.07, 6.45) is 8.23. The van der Waals surface area contributed by atoms with Gasteiger partial charge in [-0.2, -0.15) is 0 Å². The highest BCUT2D eigenvalue weighted by atomic mass is 32.2. The molecule has 1 N–H and O–H groups in total. The van der Waals surface area contributed by atoms with Crippen LogP contribution in [0.1, 0.15) is 59.3 Å². The lowest BCUT2D eigenvalue weighted by Crippen LogP contribution is -2.20. The summed E-state index contributed by atoms with van der Waals surface area (Å²) < 4.78 is 0. The van der Waals surface area contributed by atoms with Crippen molar-refractivity contribution in [3.8, 4) is 0 Å². The van der Waals surface area contributed by atoms with E-state index in [1.807, 2.05) is 11.8 Å². The highest BCUT2D eigenvalue weighted by molar-refractivity contribution is 8.13. The average molecular weight is 244 g/mol. The maximum Gasteiger partial charge on any atom is 0.156 e. The fourth-order valence-electron chi connectivity index (χ4n) is 1.50.